The van der Waals surface area contributed by atoms with Gasteiger partial charge in [0.15, 0.2) is 0 Å². The monoisotopic (exact) mass is 262 g/mol. The minimum absolute atomic E-state index is 0.115. The Morgan fingerprint density at radius 2 is 1.79 bits per heavy atom. The summed E-state index contributed by atoms with van der Waals surface area (Å²) >= 11 is 0. The third-order valence-corrected chi connectivity index (χ3v) is 3.49. The second-order valence-electron chi connectivity index (χ2n) is 5.70. The summed E-state index contributed by atoms with van der Waals surface area (Å²) in [5, 5.41) is 0. The van der Waals surface area contributed by atoms with Gasteiger partial charge in [0.1, 0.15) is 0 Å². The predicted molar refractivity (Wildman–Crippen MR) is 79.7 cm³/mol. The van der Waals surface area contributed by atoms with Gasteiger partial charge in [-0.3, -0.25) is 4.79 Å². The van der Waals surface area contributed by atoms with Gasteiger partial charge < -0.3 is 10.6 Å². The normalized spacial score (nSPS) is 14.2. The van der Waals surface area contributed by atoms with Crippen LogP contribution in [-0.2, 0) is 4.79 Å². The Labute approximate surface area is 116 Å². The quantitative estimate of drug-likeness (QED) is 0.856. The fourth-order valence-corrected chi connectivity index (χ4v) is 2.24. The highest BCUT2D eigenvalue weighted by Crippen LogP contribution is 2.17. The van der Waals surface area contributed by atoms with Gasteiger partial charge in [-0.25, -0.2) is 0 Å². The van der Waals surface area contributed by atoms with Crippen molar-refractivity contribution < 1.29 is 4.79 Å². The Hall–Kier alpha value is -1.35. The van der Waals surface area contributed by atoms with Gasteiger partial charge in [0.2, 0.25) is 5.91 Å². The number of nitrogens with two attached hydrogens (primary N) is 1. The SMILES string of the molecule is CC(C)CC(C)N(C)C(=O)CC(N)c1ccccc1. The van der Waals surface area contributed by atoms with E-state index in [4.69, 9.17) is 5.73 Å². The van der Waals surface area contributed by atoms with Crippen LogP contribution in [0.1, 0.15) is 45.2 Å². The molecule has 19 heavy (non-hydrogen) atoms. The molecule has 0 fully saturated rings. The number of carbonyl (C=O) groups excluding carboxylic acids is 1. The number of rotatable bonds is 6. The molecule has 0 heterocycles. The zero-order valence-corrected chi connectivity index (χ0v) is 12.5. The van der Waals surface area contributed by atoms with Crippen molar-refractivity contribution in [1.29, 1.82) is 0 Å². The van der Waals surface area contributed by atoms with E-state index in [-0.39, 0.29) is 18.0 Å². The maximum Gasteiger partial charge on any atom is 0.224 e. The molecule has 2 N–H and O–H groups in total. The summed E-state index contributed by atoms with van der Waals surface area (Å²) in [7, 11) is 1.87. The average Bonchev–Trinajstić information content (AvgIpc) is 2.37. The maximum atomic E-state index is 12.2. The van der Waals surface area contributed by atoms with Crippen molar-refractivity contribution in [2.24, 2.45) is 11.7 Å². The first kappa shape index (κ1) is 15.7. The zero-order valence-electron chi connectivity index (χ0n) is 12.5. The lowest BCUT2D eigenvalue weighted by Gasteiger charge is -2.27. The standard InChI is InChI=1S/C16H26N2O/c1-12(2)10-13(3)18(4)16(19)11-15(17)14-8-6-5-7-9-14/h5-9,12-13,15H,10-11,17H2,1-4H3. The summed E-state index contributed by atoms with van der Waals surface area (Å²) in [6.07, 6.45) is 1.38. The molecule has 0 aliphatic heterocycles. The molecular weight excluding hydrogens is 236 g/mol. The highest BCUT2D eigenvalue weighted by molar-refractivity contribution is 5.77. The van der Waals surface area contributed by atoms with Crippen molar-refractivity contribution >= 4 is 5.91 Å². The molecule has 0 aliphatic rings. The summed E-state index contributed by atoms with van der Waals surface area (Å²) < 4.78 is 0. The highest BCUT2D eigenvalue weighted by Gasteiger charge is 2.19. The van der Waals surface area contributed by atoms with Crippen LogP contribution < -0.4 is 5.73 Å². The number of hydrogen-bond acceptors (Lipinski definition) is 2. The number of carbonyl (C=O) groups is 1. The Balaban J connectivity index is 2.54. The second kappa shape index (κ2) is 7.29. The van der Waals surface area contributed by atoms with Crippen molar-refractivity contribution in [3.05, 3.63) is 35.9 Å². The molecule has 0 saturated carbocycles. The first-order valence-electron chi connectivity index (χ1n) is 6.98. The Bertz CT molecular complexity index is 389. The third-order valence-electron chi connectivity index (χ3n) is 3.49. The molecule has 3 nitrogen and oxygen atoms in total. The van der Waals surface area contributed by atoms with Gasteiger partial charge in [-0.05, 0) is 24.8 Å². The van der Waals surface area contributed by atoms with E-state index in [1.165, 1.54) is 0 Å². The second-order valence-corrected chi connectivity index (χ2v) is 5.70. The topological polar surface area (TPSA) is 46.3 Å². The number of nitrogens with zero attached hydrogens (tertiary/aromatic N) is 1. The summed E-state index contributed by atoms with van der Waals surface area (Å²) in [5.41, 5.74) is 7.10. The third kappa shape index (κ3) is 5.03. The number of amides is 1. The molecule has 0 aromatic heterocycles. The molecular formula is C16H26N2O. The van der Waals surface area contributed by atoms with Crippen molar-refractivity contribution in [1.82, 2.24) is 4.90 Å². The Morgan fingerprint density at radius 3 is 2.32 bits per heavy atom. The van der Waals surface area contributed by atoms with Gasteiger partial charge >= 0.3 is 0 Å². The van der Waals surface area contributed by atoms with E-state index in [0.29, 0.717) is 12.3 Å². The molecule has 1 aromatic carbocycles. The van der Waals surface area contributed by atoms with E-state index in [1.807, 2.05) is 42.3 Å². The molecule has 2 unspecified atom stereocenters. The van der Waals surface area contributed by atoms with Crippen molar-refractivity contribution in [2.45, 2.75) is 45.7 Å². The van der Waals surface area contributed by atoms with Gasteiger partial charge in [-0.2, -0.15) is 0 Å². The van der Waals surface area contributed by atoms with E-state index in [2.05, 4.69) is 20.8 Å². The summed E-state index contributed by atoms with van der Waals surface area (Å²) in [6.45, 7) is 6.43. The van der Waals surface area contributed by atoms with Crippen LogP contribution in [0, 0.1) is 5.92 Å². The van der Waals surface area contributed by atoms with Gasteiger partial charge in [0.05, 0.1) is 0 Å². The maximum absolute atomic E-state index is 12.2. The molecule has 106 valence electrons. The smallest absolute Gasteiger partial charge is 0.224 e. The van der Waals surface area contributed by atoms with Gasteiger partial charge in [0.25, 0.3) is 0 Å². The molecule has 1 aromatic rings. The van der Waals surface area contributed by atoms with Crippen LogP contribution in [0.2, 0.25) is 0 Å². The minimum Gasteiger partial charge on any atom is -0.343 e. The fourth-order valence-electron chi connectivity index (χ4n) is 2.24. The Kier molecular flexibility index (Phi) is 6.03. The van der Waals surface area contributed by atoms with Crippen LogP contribution in [-0.4, -0.2) is 23.9 Å². The van der Waals surface area contributed by atoms with Gasteiger partial charge in [-0.15, -0.1) is 0 Å². The molecule has 0 saturated heterocycles. The largest absolute Gasteiger partial charge is 0.343 e. The van der Waals surface area contributed by atoms with Gasteiger partial charge in [0, 0.05) is 25.6 Å². The van der Waals surface area contributed by atoms with Crippen molar-refractivity contribution in [2.75, 3.05) is 7.05 Å². The predicted octanol–water partition coefficient (Wildman–Crippen LogP) is 2.97. The lowest BCUT2D eigenvalue weighted by molar-refractivity contribution is -0.132. The number of hydrogen-bond donors (Lipinski definition) is 1. The molecule has 1 rings (SSSR count). The van der Waals surface area contributed by atoms with E-state index < -0.39 is 0 Å². The molecule has 1 amide bonds. The van der Waals surface area contributed by atoms with Crippen LogP contribution >= 0.6 is 0 Å². The van der Waals surface area contributed by atoms with E-state index in [0.717, 1.165) is 12.0 Å². The van der Waals surface area contributed by atoms with Gasteiger partial charge in [-0.1, -0.05) is 44.2 Å². The molecule has 0 spiro atoms. The van der Waals surface area contributed by atoms with Crippen LogP contribution in [0.5, 0.6) is 0 Å². The summed E-state index contributed by atoms with van der Waals surface area (Å²) in [5.74, 6) is 0.706. The molecule has 0 bridgehead atoms. The summed E-state index contributed by atoms with van der Waals surface area (Å²) in [4.78, 5) is 14.0. The lowest BCUT2D eigenvalue weighted by atomic mass is 10.0. The van der Waals surface area contributed by atoms with Crippen LogP contribution in [0.25, 0.3) is 0 Å². The number of benzene rings is 1. The summed E-state index contributed by atoms with van der Waals surface area (Å²) in [6, 6.07) is 9.83. The van der Waals surface area contributed by atoms with E-state index in [9.17, 15) is 4.79 Å². The van der Waals surface area contributed by atoms with Crippen LogP contribution in [0.15, 0.2) is 30.3 Å². The molecule has 2 atom stereocenters. The zero-order chi connectivity index (χ0) is 14.4. The van der Waals surface area contributed by atoms with E-state index in [1.54, 1.807) is 0 Å². The van der Waals surface area contributed by atoms with Crippen LogP contribution in [0.3, 0.4) is 0 Å². The minimum atomic E-state index is -0.220. The Morgan fingerprint density at radius 1 is 1.21 bits per heavy atom. The van der Waals surface area contributed by atoms with Crippen molar-refractivity contribution in [3.63, 3.8) is 0 Å². The first-order valence-corrected chi connectivity index (χ1v) is 6.98. The van der Waals surface area contributed by atoms with Crippen LogP contribution in [0.4, 0.5) is 0 Å². The highest BCUT2D eigenvalue weighted by atomic mass is 16.2. The molecule has 0 aliphatic carbocycles. The van der Waals surface area contributed by atoms with Crippen molar-refractivity contribution in [3.8, 4) is 0 Å². The first-order chi connectivity index (χ1) is 8.91. The van der Waals surface area contributed by atoms with E-state index >= 15 is 0 Å². The average molecular weight is 262 g/mol. The molecule has 0 radical (unpaired) electrons. The molecule has 3 heteroatoms. The lowest BCUT2D eigenvalue weighted by Crippen LogP contribution is -2.37. The fraction of sp³-hybridized carbons (Fsp3) is 0.562.